The second-order valence-corrected chi connectivity index (χ2v) is 7.92. The van der Waals surface area contributed by atoms with Gasteiger partial charge in [0.05, 0.1) is 5.75 Å². The van der Waals surface area contributed by atoms with Crippen LogP contribution in [0.3, 0.4) is 0 Å². The van der Waals surface area contributed by atoms with E-state index in [0.717, 1.165) is 10.0 Å². The van der Waals surface area contributed by atoms with Crippen LogP contribution in [0.2, 0.25) is 10.0 Å². The first kappa shape index (κ1) is 16.6. The number of benzene rings is 2. The van der Waals surface area contributed by atoms with E-state index in [4.69, 9.17) is 23.2 Å². The number of rotatable bonds is 4. The van der Waals surface area contributed by atoms with Crippen molar-refractivity contribution in [1.82, 2.24) is 0 Å². The van der Waals surface area contributed by atoms with Crippen molar-refractivity contribution >= 4 is 54.8 Å². The highest BCUT2D eigenvalue weighted by Gasteiger charge is 2.16. The summed E-state index contributed by atoms with van der Waals surface area (Å²) < 4.78 is 27.9. The minimum absolute atomic E-state index is 0.277. The van der Waals surface area contributed by atoms with Crippen LogP contribution in [0.4, 0.5) is 5.69 Å². The average Bonchev–Trinajstić information content (AvgIpc) is 2.38. The molecule has 0 saturated carbocycles. The van der Waals surface area contributed by atoms with Gasteiger partial charge in [-0.3, -0.25) is 4.72 Å². The molecule has 0 radical (unpaired) electrons. The summed E-state index contributed by atoms with van der Waals surface area (Å²) >= 11 is 15.4. The highest BCUT2D eigenvalue weighted by atomic mass is 79.9. The Balaban J connectivity index is 2.25. The first-order valence-corrected chi connectivity index (χ1v) is 9.18. The molecule has 0 atom stereocenters. The van der Waals surface area contributed by atoms with Gasteiger partial charge in [0.2, 0.25) is 10.0 Å². The predicted molar refractivity (Wildman–Crippen MR) is 91.6 cm³/mol. The Bertz CT molecular complexity index is 758. The van der Waals surface area contributed by atoms with E-state index in [-0.39, 0.29) is 5.75 Å². The first-order valence-electron chi connectivity index (χ1n) is 5.98. The lowest BCUT2D eigenvalue weighted by Gasteiger charge is -2.11. The fourth-order valence-electron chi connectivity index (χ4n) is 1.78. The van der Waals surface area contributed by atoms with Gasteiger partial charge >= 0.3 is 0 Å². The third-order valence-corrected chi connectivity index (χ3v) is 5.64. The highest BCUT2D eigenvalue weighted by molar-refractivity contribution is 9.10. The molecule has 112 valence electrons. The molecule has 1 N–H and O–H groups in total. The van der Waals surface area contributed by atoms with E-state index in [1.807, 2.05) is 6.92 Å². The average molecular weight is 409 g/mol. The quantitative estimate of drug-likeness (QED) is 0.772. The zero-order valence-electron chi connectivity index (χ0n) is 11.0. The Kier molecular flexibility index (Phi) is 5.20. The Hall–Kier alpha value is -0.750. The second kappa shape index (κ2) is 6.57. The molecule has 3 nitrogen and oxygen atoms in total. The van der Waals surface area contributed by atoms with Crippen LogP contribution in [0.15, 0.2) is 40.9 Å². The zero-order chi connectivity index (χ0) is 15.6. The summed E-state index contributed by atoms with van der Waals surface area (Å²) in [5.41, 5.74) is 1.83. The van der Waals surface area contributed by atoms with Crippen LogP contribution in [0.25, 0.3) is 0 Å². The fraction of sp³-hybridized carbons (Fsp3) is 0.143. The van der Waals surface area contributed by atoms with Crippen molar-refractivity contribution in [1.29, 1.82) is 0 Å². The Morgan fingerprint density at radius 1 is 1.14 bits per heavy atom. The lowest BCUT2D eigenvalue weighted by Crippen LogP contribution is -2.15. The SMILES string of the molecule is Cc1cc(NS(=O)(=O)Cc2c(Cl)cccc2Cl)ccc1Br. The summed E-state index contributed by atoms with van der Waals surface area (Å²) in [6.07, 6.45) is 0. The maximum absolute atomic E-state index is 12.2. The maximum atomic E-state index is 12.2. The molecule has 2 rings (SSSR count). The van der Waals surface area contributed by atoms with E-state index in [2.05, 4.69) is 20.7 Å². The largest absolute Gasteiger partial charge is 0.283 e. The van der Waals surface area contributed by atoms with Crippen LogP contribution >= 0.6 is 39.1 Å². The first-order chi connectivity index (χ1) is 9.78. The van der Waals surface area contributed by atoms with Crippen molar-refractivity contribution in [3.63, 3.8) is 0 Å². The lowest BCUT2D eigenvalue weighted by atomic mass is 10.2. The van der Waals surface area contributed by atoms with Gasteiger partial charge in [-0.2, -0.15) is 0 Å². The molecule has 0 heterocycles. The molecule has 0 amide bonds. The topological polar surface area (TPSA) is 46.2 Å². The summed E-state index contributed by atoms with van der Waals surface area (Å²) in [7, 11) is -3.60. The van der Waals surface area contributed by atoms with Gasteiger partial charge in [0.1, 0.15) is 0 Å². The molecule has 0 aromatic heterocycles. The third kappa shape index (κ3) is 4.36. The Morgan fingerprint density at radius 3 is 2.33 bits per heavy atom. The number of aryl methyl sites for hydroxylation is 1. The molecule has 0 unspecified atom stereocenters. The van der Waals surface area contributed by atoms with Crippen LogP contribution < -0.4 is 4.72 Å². The van der Waals surface area contributed by atoms with Gasteiger partial charge in [-0.15, -0.1) is 0 Å². The summed E-state index contributed by atoms with van der Waals surface area (Å²) in [4.78, 5) is 0. The number of hydrogen-bond acceptors (Lipinski definition) is 2. The van der Waals surface area contributed by atoms with Crippen molar-refractivity contribution < 1.29 is 8.42 Å². The van der Waals surface area contributed by atoms with Gasteiger partial charge in [-0.25, -0.2) is 8.42 Å². The van der Waals surface area contributed by atoms with E-state index in [0.29, 0.717) is 21.3 Å². The smallest absolute Gasteiger partial charge is 0.237 e. The van der Waals surface area contributed by atoms with Gasteiger partial charge in [0.15, 0.2) is 0 Å². The highest BCUT2D eigenvalue weighted by Crippen LogP contribution is 2.27. The molecule has 0 bridgehead atoms. The number of halogens is 3. The normalized spacial score (nSPS) is 11.4. The van der Waals surface area contributed by atoms with E-state index in [9.17, 15) is 8.42 Å². The monoisotopic (exact) mass is 407 g/mol. The molecule has 0 aliphatic rings. The van der Waals surface area contributed by atoms with Crippen LogP contribution in [-0.4, -0.2) is 8.42 Å². The maximum Gasteiger partial charge on any atom is 0.237 e. The van der Waals surface area contributed by atoms with Gasteiger partial charge in [0, 0.05) is 25.8 Å². The standard InChI is InChI=1S/C14H12BrCl2NO2S/c1-9-7-10(5-6-12(9)15)18-21(19,20)8-11-13(16)3-2-4-14(11)17/h2-7,18H,8H2,1H3. The third-order valence-electron chi connectivity index (χ3n) is 2.83. The predicted octanol–water partition coefficient (Wildman–Crippen LogP) is 5.01. The van der Waals surface area contributed by atoms with Crippen molar-refractivity contribution in [3.8, 4) is 0 Å². The van der Waals surface area contributed by atoms with E-state index in [1.54, 1.807) is 36.4 Å². The molecule has 0 aliphatic heterocycles. The van der Waals surface area contributed by atoms with Crippen LogP contribution in [0.5, 0.6) is 0 Å². The van der Waals surface area contributed by atoms with Crippen LogP contribution in [0.1, 0.15) is 11.1 Å². The van der Waals surface area contributed by atoms with Gasteiger partial charge in [-0.05, 0) is 42.8 Å². The molecule has 0 aliphatic carbocycles. The van der Waals surface area contributed by atoms with Crippen LogP contribution in [-0.2, 0) is 15.8 Å². The zero-order valence-corrected chi connectivity index (χ0v) is 14.9. The number of anilines is 1. The van der Waals surface area contributed by atoms with E-state index < -0.39 is 10.0 Å². The molecule has 2 aromatic rings. The number of hydrogen-bond donors (Lipinski definition) is 1. The van der Waals surface area contributed by atoms with E-state index in [1.165, 1.54) is 0 Å². The summed E-state index contributed by atoms with van der Waals surface area (Å²) in [5.74, 6) is -0.277. The molecule has 2 aromatic carbocycles. The van der Waals surface area contributed by atoms with Gasteiger partial charge in [0.25, 0.3) is 0 Å². The molecule has 0 spiro atoms. The molecule has 0 fully saturated rings. The molecular formula is C14H12BrCl2NO2S. The molecular weight excluding hydrogens is 397 g/mol. The summed E-state index contributed by atoms with van der Waals surface area (Å²) in [6.45, 7) is 1.88. The minimum atomic E-state index is -3.60. The van der Waals surface area contributed by atoms with E-state index >= 15 is 0 Å². The summed E-state index contributed by atoms with van der Waals surface area (Å²) in [6, 6.07) is 10.1. The van der Waals surface area contributed by atoms with Crippen molar-refractivity contribution in [2.45, 2.75) is 12.7 Å². The minimum Gasteiger partial charge on any atom is -0.283 e. The number of nitrogens with one attached hydrogen (secondary N) is 1. The van der Waals surface area contributed by atoms with Crippen LogP contribution in [0, 0.1) is 6.92 Å². The fourth-order valence-corrected chi connectivity index (χ4v) is 3.97. The Labute approximate surface area is 142 Å². The van der Waals surface area contributed by atoms with Crippen molar-refractivity contribution in [2.24, 2.45) is 0 Å². The number of sulfonamides is 1. The molecule has 21 heavy (non-hydrogen) atoms. The second-order valence-electron chi connectivity index (χ2n) is 4.53. The van der Waals surface area contributed by atoms with Gasteiger partial charge < -0.3 is 0 Å². The Morgan fingerprint density at radius 2 is 1.76 bits per heavy atom. The molecule has 7 heteroatoms. The van der Waals surface area contributed by atoms with Crippen molar-refractivity contribution in [2.75, 3.05) is 4.72 Å². The molecule has 0 saturated heterocycles. The van der Waals surface area contributed by atoms with Gasteiger partial charge in [-0.1, -0.05) is 45.2 Å². The summed E-state index contributed by atoms with van der Waals surface area (Å²) in [5, 5.41) is 0.666. The lowest BCUT2D eigenvalue weighted by molar-refractivity contribution is 0.600. The van der Waals surface area contributed by atoms with Crippen molar-refractivity contribution in [3.05, 3.63) is 62.0 Å².